The zero-order valence-electron chi connectivity index (χ0n) is 17.1. The van der Waals surface area contributed by atoms with E-state index in [9.17, 15) is 9.59 Å². The summed E-state index contributed by atoms with van der Waals surface area (Å²) in [4.78, 5) is 24.9. The van der Waals surface area contributed by atoms with Crippen molar-refractivity contribution in [2.24, 2.45) is 5.73 Å². The first-order valence-electron chi connectivity index (χ1n) is 9.62. The van der Waals surface area contributed by atoms with Gasteiger partial charge in [0.1, 0.15) is 23.9 Å². The number of hydrogen-bond donors (Lipinski definition) is 3. The fourth-order valence-corrected chi connectivity index (χ4v) is 2.87. The highest BCUT2D eigenvalue weighted by Crippen LogP contribution is 2.16. The van der Waals surface area contributed by atoms with Crippen LogP contribution in [0.15, 0.2) is 72.8 Å². The van der Waals surface area contributed by atoms with Crippen LogP contribution in [0.25, 0.3) is 0 Å². The third-order valence-corrected chi connectivity index (χ3v) is 4.56. The summed E-state index contributed by atoms with van der Waals surface area (Å²) in [5.41, 5.74) is 7.53. The molecule has 158 valence electrons. The third kappa shape index (κ3) is 5.70. The van der Waals surface area contributed by atoms with Crippen LogP contribution in [-0.4, -0.2) is 37.8 Å². The van der Waals surface area contributed by atoms with Crippen LogP contribution in [-0.2, 0) is 0 Å². The van der Waals surface area contributed by atoms with Gasteiger partial charge in [-0.3, -0.25) is 15.0 Å². The van der Waals surface area contributed by atoms with Crippen molar-refractivity contribution in [3.05, 3.63) is 95.1 Å². The number of hydrogen-bond acceptors (Lipinski definition) is 5. The van der Waals surface area contributed by atoms with Gasteiger partial charge >= 0.3 is 0 Å². The summed E-state index contributed by atoms with van der Waals surface area (Å²) in [6.07, 6.45) is 0. The molecule has 0 bridgehead atoms. The Hall–Kier alpha value is -4.13. The van der Waals surface area contributed by atoms with Gasteiger partial charge in [-0.1, -0.05) is 24.3 Å². The van der Waals surface area contributed by atoms with Crippen LogP contribution in [0.3, 0.4) is 0 Å². The summed E-state index contributed by atoms with van der Waals surface area (Å²) in [5, 5.41) is 10.2. The second-order valence-electron chi connectivity index (χ2n) is 6.68. The number of rotatable bonds is 9. The normalized spacial score (nSPS) is 10.2. The lowest BCUT2D eigenvalue weighted by Gasteiger charge is -2.09. The Morgan fingerprint density at radius 1 is 0.871 bits per heavy atom. The van der Waals surface area contributed by atoms with Gasteiger partial charge in [0.25, 0.3) is 5.91 Å². The fraction of sp³-hybridized carbons (Fsp3) is 0.125. The predicted octanol–water partition coefficient (Wildman–Crippen LogP) is 3.02. The average molecular weight is 417 g/mol. The molecule has 0 fully saturated rings. The van der Waals surface area contributed by atoms with Gasteiger partial charge in [0.05, 0.1) is 13.7 Å². The number of amides is 1. The molecule has 0 unspecified atom stereocenters. The first-order chi connectivity index (χ1) is 15.0. The number of nitrogens with two attached hydrogens (primary N) is 1. The molecule has 0 spiro atoms. The van der Waals surface area contributed by atoms with Crippen LogP contribution in [0.5, 0.6) is 11.5 Å². The summed E-state index contributed by atoms with van der Waals surface area (Å²) in [6.45, 7) is 0.566. The van der Waals surface area contributed by atoms with E-state index in [-0.39, 0.29) is 24.1 Å². The Morgan fingerprint density at radius 2 is 1.48 bits per heavy atom. The molecule has 3 aromatic carbocycles. The van der Waals surface area contributed by atoms with Crippen molar-refractivity contribution in [1.82, 2.24) is 5.32 Å². The molecular formula is C24H23N3O4. The second kappa shape index (κ2) is 10.1. The molecule has 0 aliphatic rings. The van der Waals surface area contributed by atoms with Crippen LogP contribution in [0.4, 0.5) is 0 Å². The standard InChI is InChI=1S/C24H23N3O4/c1-30-20-11-9-17(10-12-20)22(28)16-5-7-18(8-6-16)24(29)27-13-14-31-21-4-2-3-19(15-21)23(25)26/h2-12,15H,13-14H2,1H3,(H3,25,26)(H,27,29). The molecule has 7 nitrogen and oxygen atoms in total. The highest BCUT2D eigenvalue weighted by molar-refractivity contribution is 6.09. The van der Waals surface area contributed by atoms with E-state index in [1.165, 1.54) is 0 Å². The molecule has 0 aromatic heterocycles. The summed E-state index contributed by atoms with van der Waals surface area (Å²) >= 11 is 0. The Labute approximate surface area is 180 Å². The summed E-state index contributed by atoms with van der Waals surface area (Å²) < 4.78 is 10.7. The number of carbonyl (C=O) groups excluding carboxylic acids is 2. The highest BCUT2D eigenvalue weighted by Gasteiger charge is 2.11. The molecule has 0 saturated heterocycles. The molecule has 0 aliphatic heterocycles. The van der Waals surface area contributed by atoms with Crippen molar-refractivity contribution in [3.63, 3.8) is 0 Å². The maximum atomic E-state index is 12.6. The largest absolute Gasteiger partial charge is 0.497 e. The predicted molar refractivity (Wildman–Crippen MR) is 118 cm³/mol. The van der Waals surface area contributed by atoms with E-state index in [0.717, 1.165) is 0 Å². The number of ether oxygens (including phenoxy) is 2. The van der Waals surface area contributed by atoms with Gasteiger partial charge in [0, 0.05) is 22.3 Å². The van der Waals surface area contributed by atoms with Gasteiger partial charge in [-0.15, -0.1) is 0 Å². The van der Waals surface area contributed by atoms with E-state index in [1.54, 1.807) is 79.9 Å². The minimum atomic E-state index is -0.260. The molecule has 3 rings (SSSR count). The number of methoxy groups -OCH3 is 1. The van der Waals surface area contributed by atoms with Crippen LogP contribution in [0.1, 0.15) is 31.8 Å². The van der Waals surface area contributed by atoms with Crippen molar-refractivity contribution in [1.29, 1.82) is 5.41 Å². The number of nitrogen functional groups attached to an aromatic ring is 1. The van der Waals surface area contributed by atoms with Crippen LogP contribution in [0.2, 0.25) is 0 Å². The average Bonchev–Trinajstić information content (AvgIpc) is 2.81. The first-order valence-corrected chi connectivity index (χ1v) is 9.62. The van der Waals surface area contributed by atoms with Crippen molar-refractivity contribution < 1.29 is 19.1 Å². The number of benzene rings is 3. The summed E-state index contributed by atoms with van der Waals surface area (Å²) in [6, 6.07) is 20.3. The lowest BCUT2D eigenvalue weighted by molar-refractivity contribution is 0.0945. The lowest BCUT2D eigenvalue weighted by atomic mass is 10.0. The third-order valence-electron chi connectivity index (χ3n) is 4.56. The molecule has 0 heterocycles. The zero-order chi connectivity index (χ0) is 22.2. The maximum Gasteiger partial charge on any atom is 0.251 e. The molecule has 0 saturated carbocycles. The number of ketones is 1. The van der Waals surface area contributed by atoms with Gasteiger partial charge in [-0.05, 0) is 48.5 Å². The molecular weight excluding hydrogens is 394 g/mol. The number of nitrogens with one attached hydrogen (secondary N) is 2. The van der Waals surface area contributed by atoms with Crippen molar-refractivity contribution in [3.8, 4) is 11.5 Å². The van der Waals surface area contributed by atoms with Gasteiger partial charge in [-0.25, -0.2) is 0 Å². The Morgan fingerprint density at radius 3 is 2.10 bits per heavy atom. The molecule has 0 aliphatic carbocycles. The van der Waals surface area contributed by atoms with E-state index in [2.05, 4.69) is 5.32 Å². The SMILES string of the molecule is COc1ccc(C(=O)c2ccc(C(=O)NCCOc3cccc(C(=N)N)c3)cc2)cc1. The minimum Gasteiger partial charge on any atom is -0.497 e. The smallest absolute Gasteiger partial charge is 0.251 e. The summed E-state index contributed by atoms with van der Waals surface area (Å²) in [7, 11) is 1.57. The summed E-state index contributed by atoms with van der Waals surface area (Å²) in [5.74, 6) is 0.829. The Kier molecular flexibility index (Phi) is 7.01. The molecule has 0 atom stereocenters. The van der Waals surface area contributed by atoms with Gasteiger partial charge in [-0.2, -0.15) is 0 Å². The maximum absolute atomic E-state index is 12.6. The van der Waals surface area contributed by atoms with Gasteiger partial charge in [0.2, 0.25) is 0 Å². The highest BCUT2D eigenvalue weighted by atomic mass is 16.5. The first kappa shape index (κ1) is 21.6. The van der Waals surface area contributed by atoms with Crippen LogP contribution < -0.4 is 20.5 Å². The second-order valence-corrected chi connectivity index (χ2v) is 6.68. The molecule has 7 heteroatoms. The van der Waals surface area contributed by atoms with Crippen molar-refractivity contribution in [2.45, 2.75) is 0 Å². The molecule has 3 aromatic rings. The molecule has 31 heavy (non-hydrogen) atoms. The topological polar surface area (TPSA) is 115 Å². The number of carbonyl (C=O) groups is 2. The van der Waals surface area contributed by atoms with Gasteiger partial charge < -0.3 is 20.5 Å². The van der Waals surface area contributed by atoms with Crippen molar-refractivity contribution in [2.75, 3.05) is 20.3 Å². The minimum absolute atomic E-state index is 0.0346. The number of amidine groups is 1. The Balaban J connectivity index is 1.51. The lowest BCUT2D eigenvalue weighted by Crippen LogP contribution is -2.28. The van der Waals surface area contributed by atoms with E-state index >= 15 is 0 Å². The zero-order valence-corrected chi connectivity index (χ0v) is 17.1. The Bertz CT molecular complexity index is 1080. The van der Waals surface area contributed by atoms with Crippen LogP contribution in [0, 0.1) is 5.41 Å². The van der Waals surface area contributed by atoms with E-state index in [1.807, 2.05) is 0 Å². The van der Waals surface area contributed by atoms with Crippen LogP contribution >= 0.6 is 0 Å². The van der Waals surface area contributed by atoms with E-state index in [0.29, 0.717) is 40.3 Å². The van der Waals surface area contributed by atoms with Gasteiger partial charge in [0.15, 0.2) is 5.78 Å². The fourth-order valence-electron chi connectivity index (χ4n) is 2.87. The molecule has 4 N–H and O–H groups in total. The van der Waals surface area contributed by atoms with Crippen molar-refractivity contribution >= 4 is 17.5 Å². The monoisotopic (exact) mass is 417 g/mol. The molecule has 0 radical (unpaired) electrons. The molecule has 1 amide bonds. The quantitative estimate of drug-likeness (QED) is 0.214. The van der Waals surface area contributed by atoms with E-state index in [4.69, 9.17) is 20.6 Å². The van der Waals surface area contributed by atoms with E-state index < -0.39 is 0 Å².